The van der Waals surface area contributed by atoms with Gasteiger partial charge in [-0.25, -0.2) is 4.79 Å². The van der Waals surface area contributed by atoms with Crippen LogP contribution in [-0.2, 0) is 14.3 Å². The molecule has 0 spiro atoms. The minimum atomic E-state index is -0.796. The summed E-state index contributed by atoms with van der Waals surface area (Å²) in [5.41, 5.74) is 2.19. The topological polar surface area (TPSA) is 87.7 Å². The third-order valence-electron chi connectivity index (χ3n) is 6.55. The van der Waals surface area contributed by atoms with Gasteiger partial charge < -0.3 is 20.3 Å². The van der Waals surface area contributed by atoms with Crippen molar-refractivity contribution in [3.63, 3.8) is 0 Å². The zero-order valence-corrected chi connectivity index (χ0v) is 23.0. The Hall–Kier alpha value is -2.57. The van der Waals surface area contributed by atoms with Crippen LogP contribution >= 0.6 is 0 Å². The average molecular weight is 488 g/mol. The first-order valence-corrected chi connectivity index (χ1v) is 12.9. The van der Waals surface area contributed by atoms with Crippen LogP contribution in [0.25, 0.3) is 0 Å². The molecule has 2 rings (SSSR count). The van der Waals surface area contributed by atoms with Crippen LogP contribution in [0, 0.1) is 19.8 Å². The van der Waals surface area contributed by atoms with E-state index < -0.39 is 23.8 Å². The fourth-order valence-corrected chi connectivity index (χ4v) is 4.37. The summed E-state index contributed by atoms with van der Waals surface area (Å²) < 4.78 is 5.47. The Bertz CT molecular complexity index is 902. The lowest BCUT2D eigenvalue weighted by Gasteiger charge is -2.44. The second-order valence-corrected chi connectivity index (χ2v) is 11.3. The molecule has 2 N–H and O–H groups in total. The van der Waals surface area contributed by atoms with E-state index >= 15 is 0 Å². The van der Waals surface area contributed by atoms with E-state index in [1.54, 1.807) is 25.7 Å². The average Bonchev–Trinajstić information content (AvgIpc) is 2.68. The van der Waals surface area contributed by atoms with E-state index in [0.29, 0.717) is 6.42 Å². The molecule has 7 heteroatoms. The van der Waals surface area contributed by atoms with Crippen molar-refractivity contribution in [2.75, 3.05) is 0 Å². The van der Waals surface area contributed by atoms with Crippen LogP contribution in [0.3, 0.4) is 0 Å². The Morgan fingerprint density at radius 2 is 1.71 bits per heavy atom. The number of hydrogen-bond acceptors (Lipinski definition) is 4. The number of nitrogens with zero attached hydrogens (tertiary/aromatic N) is 1. The summed E-state index contributed by atoms with van der Waals surface area (Å²) in [6.07, 6.45) is 2.74. The molecule has 1 aromatic rings. The van der Waals surface area contributed by atoms with Crippen molar-refractivity contribution in [2.45, 2.75) is 118 Å². The Morgan fingerprint density at radius 3 is 2.17 bits per heavy atom. The molecule has 0 heterocycles. The van der Waals surface area contributed by atoms with Gasteiger partial charge >= 0.3 is 6.09 Å². The van der Waals surface area contributed by atoms with Crippen molar-refractivity contribution >= 4 is 17.9 Å². The quantitative estimate of drug-likeness (QED) is 0.502. The van der Waals surface area contributed by atoms with Crippen LogP contribution in [0.2, 0.25) is 0 Å². The third-order valence-corrected chi connectivity index (χ3v) is 6.55. The zero-order chi connectivity index (χ0) is 26.5. The molecule has 3 unspecified atom stereocenters. The Balaban J connectivity index is 2.55. The van der Waals surface area contributed by atoms with Gasteiger partial charge in [-0.1, -0.05) is 44.0 Å². The van der Waals surface area contributed by atoms with Crippen LogP contribution in [0.1, 0.15) is 96.9 Å². The molecule has 1 aliphatic carbocycles. The minimum absolute atomic E-state index is 0.0573. The lowest BCUT2D eigenvalue weighted by molar-refractivity contribution is -0.148. The van der Waals surface area contributed by atoms with Gasteiger partial charge in [0.25, 0.3) is 0 Å². The molecule has 1 aromatic carbocycles. The monoisotopic (exact) mass is 487 g/mol. The number of carbonyl (C=O) groups excluding carboxylic acids is 3. The van der Waals surface area contributed by atoms with Gasteiger partial charge in [-0.3, -0.25) is 9.59 Å². The smallest absolute Gasteiger partial charge is 0.408 e. The fourth-order valence-electron chi connectivity index (χ4n) is 4.37. The van der Waals surface area contributed by atoms with Crippen LogP contribution < -0.4 is 10.6 Å². The van der Waals surface area contributed by atoms with Gasteiger partial charge in [-0.2, -0.15) is 0 Å². The highest BCUT2D eigenvalue weighted by atomic mass is 16.6. The van der Waals surface area contributed by atoms with Crippen molar-refractivity contribution in [1.29, 1.82) is 0 Å². The summed E-state index contributed by atoms with van der Waals surface area (Å²) in [5, 5.41) is 5.86. The summed E-state index contributed by atoms with van der Waals surface area (Å²) in [7, 11) is 0. The highest BCUT2D eigenvalue weighted by Gasteiger charge is 2.43. The van der Waals surface area contributed by atoms with E-state index in [2.05, 4.69) is 10.6 Å². The first-order valence-electron chi connectivity index (χ1n) is 12.9. The van der Waals surface area contributed by atoms with Crippen molar-refractivity contribution in [3.8, 4) is 0 Å². The number of nitrogens with one attached hydrogen (secondary N) is 2. The van der Waals surface area contributed by atoms with E-state index in [-0.39, 0.29) is 29.8 Å². The van der Waals surface area contributed by atoms with Crippen molar-refractivity contribution in [3.05, 3.63) is 34.9 Å². The maximum Gasteiger partial charge on any atom is 0.408 e. The second-order valence-electron chi connectivity index (χ2n) is 11.3. The van der Waals surface area contributed by atoms with Crippen LogP contribution in [-0.4, -0.2) is 46.5 Å². The molecule has 196 valence electrons. The molecular weight excluding hydrogens is 442 g/mol. The van der Waals surface area contributed by atoms with Gasteiger partial charge in [-0.15, -0.1) is 0 Å². The lowest BCUT2D eigenvalue weighted by atomic mass is 9.86. The first-order chi connectivity index (χ1) is 16.2. The summed E-state index contributed by atoms with van der Waals surface area (Å²) in [6, 6.07) is 4.27. The maximum absolute atomic E-state index is 14.2. The van der Waals surface area contributed by atoms with E-state index in [1.165, 1.54) is 0 Å². The molecule has 7 nitrogen and oxygen atoms in total. The number of alkyl carbamates (subject to hydrolysis) is 1. The second kappa shape index (κ2) is 11.9. The van der Waals surface area contributed by atoms with Crippen LogP contribution in [0.15, 0.2) is 18.2 Å². The number of amides is 3. The predicted octanol–water partition coefficient (Wildman–Crippen LogP) is 5.19. The largest absolute Gasteiger partial charge is 0.444 e. The molecule has 3 amide bonds. The van der Waals surface area contributed by atoms with Crippen molar-refractivity contribution in [2.24, 2.45) is 5.92 Å². The maximum atomic E-state index is 14.2. The van der Waals surface area contributed by atoms with Gasteiger partial charge in [0.15, 0.2) is 0 Å². The number of hydrogen-bond donors (Lipinski definition) is 2. The zero-order valence-electron chi connectivity index (χ0n) is 23.0. The summed E-state index contributed by atoms with van der Waals surface area (Å²) in [4.78, 5) is 42.3. The lowest BCUT2D eigenvalue weighted by Crippen LogP contribution is -2.59. The van der Waals surface area contributed by atoms with Gasteiger partial charge in [0.05, 0.1) is 0 Å². The Labute approximate surface area is 211 Å². The van der Waals surface area contributed by atoms with Gasteiger partial charge in [0.1, 0.15) is 17.7 Å². The van der Waals surface area contributed by atoms with Crippen molar-refractivity contribution in [1.82, 2.24) is 15.5 Å². The third kappa shape index (κ3) is 7.71. The highest BCUT2D eigenvalue weighted by Crippen LogP contribution is 2.35. The molecule has 1 saturated carbocycles. The number of aryl methyl sites for hydroxylation is 2. The van der Waals surface area contributed by atoms with Gasteiger partial charge in [0, 0.05) is 12.1 Å². The summed E-state index contributed by atoms with van der Waals surface area (Å²) in [5.74, 6) is -0.573. The van der Waals surface area contributed by atoms with Crippen LogP contribution in [0.5, 0.6) is 0 Å². The molecule has 3 atom stereocenters. The minimum Gasteiger partial charge on any atom is -0.444 e. The Kier molecular flexibility index (Phi) is 9.76. The molecule has 0 saturated heterocycles. The van der Waals surface area contributed by atoms with Gasteiger partial charge in [0.2, 0.25) is 11.8 Å². The molecule has 1 fully saturated rings. The number of benzene rings is 1. The molecular formula is C28H45N3O4. The molecule has 0 bridgehead atoms. The fraction of sp³-hybridized carbons (Fsp3) is 0.679. The summed E-state index contributed by atoms with van der Waals surface area (Å²) >= 11 is 0. The number of rotatable bonds is 9. The van der Waals surface area contributed by atoms with E-state index in [1.807, 2.05) is 59.7 Å². The summed E-state index contributed by atoms with van der Waals surface area (Å²) in [6.45, 7) is 17.1. The van der Waals surface area contributed by atoms with E-state index in [4.69, 9.17) is 4.74 Å². The van der Waals surface area contributed by atoms with Crippen LogP contribution in [0.4, 0.5) is 4.79 Å². The van der Waals surface area contributed by atoms with E-state index in [0.717, 1.165) is 36.0 Å². The molecule has 0 aliphatic heterocycles. The Morgan fingerprint density at radius 1 is 1.09 bits per heavy atom. The molecule has 35 heavy (non-hydrogen) atoms. The standard InChI is InChI=1S/C28H45N3O4/c1-10-19(5)23(30-27(34)35-28(7,8)9)26(33)31(21-12-11-13-21)24(25(32)29-17(2)3)22-15-14-18(4)16-20(22)6/h14-17,19,21,23-24H,10-13H2,1-9H3,(H,29,32)(H,30,34). The van der Waals surface area contributed by atoms with Crippen molar-refractivity contribution < 1.29 is 19.1 Å². The molecule has 0 radical (unpaired) electrons. The SMILES string of the molecule is CCC(C)C(NC(=O)OC(C)(C)C)C(=O)N(C1CCC1)C(C(=O)NC(C)C)c1ccc(C)cc1C. The van der Waals surface area contributed by atoms with E-state index in [9.17, 15) is 14.4 Å². The van der Waals surface area contributed by atoms with Gasteiger partial charge in [-0.05, 0) is 84.8 Å². The number of ether oxygens (including phenoxy) is 1. The predicted molar refractivity (Wildman–Crippen MR) is 139 cm³/mol. The normalized spacial score (nSPS) is 16.6. The molecule has 0 aromatic heterocycles. The highest BCUT2D eigenvalue weighted by molar-refractivity contribution is 5.93. The first kappa shape index (κ1) is 28.7. The molecule has 1 aliphatic rings. The number of carbonyl (C=O) groups is 3.